The molecule has 2 heterocycles. The number of likely N-dealkylation sites (tertiary alicyclic amines) is 1. The molecular formula is C18H24N4O4. The van der Waals surface area contributed by atoms with Crippen molar-refractivity contribution in [2.24, 2.45) is 5.73 Å². The molecule has 0 bridgehead atoms. The van der Waals surface area contributed by atoms with Gasteiger partial charge in [0.2, 0.25) is 5.91 Å². The lowest BCUT2D eigenvalue weighted by atomic mass is 10.0. The number of rotatable bonds is 6. The van der Waals surface area contributed by atoms with E-state index >= 15 is 0 Å². The molecule has 1 fully saturated rings. The Labute approximate surface area is 150 Å². The van der Waals surface area contributed by atoms with Crippen LogP contribution in [-0.2, 0) is 11.3 Å². The number of aromatic nitrogens is 1. The minimum Gasteiger partial charge on any atom is -0.408 e. The number of hydrogen-bond acceptors (Lipinski definition) is 4. The number of para-hydroxylation sites is 2. The molecule has 3 rings (SSSR count). The van der Waals surface area contributed by atoms with Crippen LogP contribution in [-0.4, -0.2) is 40.5 Å². The van der Waals surface area contributed by atoms with E-state index < -0.39 is 11.8 Å². The van der Waals surface area contributed by atoms with Gasteiger partial charge in [0.1, 0.15) is 0 Å². The second-order valence-corrected chi connectivity index (χ2v) is 6.57. The van der Waals surface area contributed by atoms with Gasteiger partial charge < -0.3 is 20.4 Å². The first-order valence-corrected chi connectivity index (χ1v) is 8.97. The van der Waals surface area contributed by atoms with Gasteiger partial charge in [-0.3, -0.25) is 9.36 Å². The number of oxazole rings is 1. The minimum atomic E-state index is -0.575. The Morgan fingerprint density at radius 3 is 2.88 bits per heavy atom. The number of benzene rings is 1. The lowest BCUT2D eigenvalue weighted by Gasteiger charge is -2.36. The molecule has 1 aromatic carbocycles. The van der Waals surface area contributed by atoms with Crippen molar-refractivity contribution >= 4 is 23.0 Å². The minimum absolute atomic E-state index is 0.0128. The summed E-state index contributed by atoms with van der Waals surface area (Å²) in [6, 6.07) is 6.66. The number of nitrogens with two attached hydrogens (primary N) is 1. The zero-order valence-corrected chi connectivity index (χ0v) is 14.6. The molecule has 3 N–H and O–H groups in total. The number of aryl methyl sites for hydroxylation is 1. The summed E-state index contributed by atoms with van der Waals surface area (Å²) >= 11 is 0. The highest BCUT2D eigenvalue weighted by molar-refractivity contribution is 5.77. The molecule has 0 aliphatic carbocycles. The van der Waals surface area contributed by atoms with Crippen LogP contribution in [0, 0.1) is 0 Å². The van der Waals surface area contributed by atoms with E-state index in [1.54, 1.807) is 10.6 Å². The van der Waals surface area contributed by atoms with Gasteiger partial charge in [-0.05, 0) is 37.8 Å². The Morgan fingerprint density at radius 1 is 1.27 bits per heavy atom. The molecular weight excluding hydrogens is 336 g/mol. The van der Waals surface area contributed by atoms with E-state index in [2.05, 4.69) is 5.32 Å². The summed E-state index contributed by atoms with van der Waals surface area (Å²) in [5, 5.41) is 2.59. The Morgan fingerprint density at radius 2 is 2.08 bits per heavy atom. The molecule has 8 nitrogen and oxygen atoms in total. The van der Waals surface area contributed by atoms with E-state index in [9.17, 15) is 14.4 Å². The van der Waals surface area contributed by atoms with Gasteiger partial charge in [-0.1, -0.05) is 12.1 Å². The first kappa shape index (κ1) is 18.0. The van der Waals surface area contributed by atoms with Gasteiger partial charge in [-0.2, -0.15) is 0 Å². The number of carbonyl (C=O) groups is 2. The predicted octanol–water partition coefficient (Wildman–Crippen LogP) is 1.42. The van der Waals surface area contributed by atoms with Crippen molar-refractivity contribution in [2.75, 3.05) is 13.1 Å². The van der Waals surface area contributed by atoms with Crippen LogP contribution in [0.2, 0.25) is 0 Å². The number of nitrogens with one attached hydrogen (secondary N) is 1. The van der Waals surface area contributed by atoms with Crippen molar-refractivity contribution in [2.45, 2.75) is 44.7 Å². The maximum absolute atomic E-state index is 12.6. The van der Waals surface area contributed by atoms with Crippen molar-refractivity contribution in [3.63, 3.8) is 0 Å². The van der Waals surface area contributed by atoms with Crippen LogP contribution in [0.25, 0.3) is 11.1 Å². The zero-order valence-electron chi connectivity index (χ0n) is 14.6. The average molecular weight is 360 g/mol. The van der Waals surface area contributed by atoms with Crippen molar-refractivity contribution in [3.8, 4) is 0 Å². The van der Waals surface area contributed by atoms with E-state index in [0.29, 0.717) is 38.1 Å². The molecule has 0 saturated carbocycles. The molecule has 2 aromatic rings. The van der Waals surface area contributed by atoms with E-state index in [0.717, 1.165) is 24.8 Å². The van der Waals surface area contributed by atoms with Crippen LogP contribution in [0.1, 0.15) is 32.1 Å². The highest BCUT2D eigenvalue weighted by Gasteiger charge is 2.26. The third-order valence-corrected chi connectivity index (χ3v) is 4.81. The van der Waals surface area contributed by atoms with Gasteiger partial charge >= 0.3 is 11.8 Å². The van der Waals surface area contributed by atoms with Crippen LogP contribution < -0.4 is 16.8 Å². The number of urea groups is 1. The van der Waals surface area contributed by atoms with Gasteiger partial charge in [0, 0.05) is 32.1 Å². The number of fused-ring (bicyclic) bond motifs is 1. The largest absolute Gasteiger partial charge is 0.419 e. The third-order valence-electron chi connectivity index (χ3n) is 4.81. The standard InChI is InChI=1S/C18H24N4O4/c19-17(24)20-12-13-6-3-4-10-21(13)16(23)9-5-11-22-14-7-1-2-8-15(14)26-18(22)25/h1-2,7-8,13H,3-6,9-12H2,(H3,19,20,24). The number of nitrogens with zero attached hydrogens (tertiary/aromatic N) is 2. The second-order valence-electron chi connectivity index (χ2n) is 6.57. The summed E-state index contributed by atoms with van der Waals surface area (Å²) in [5.74, 6) is -0.359. The maximum atomic E-state index is 12.6. The molecule has 3 amide bonds. The van der Waals surface area contributed by atoms with Crippen LogP contribution in [0.4, 0.5) is 4.79 Å². The molecule has 1 aliphatic heterocycles. The summed E-state index contributed by atoms with van der Waals surface area (Å²) in [7, 11) is 0. The number of carbonyl (C=O) groups excluding carboxylic acids is 2. The van der Waals surface area contributed by atoms with E-state index in [1.165, 1.54) is 0 Å². The predicted molar refractivity (Wildman–Crippen MR) is 96.6 cm³/mol. The molecule has 140 valence electrons. The zero-order chi connectivity index (χ0) is 18.5. The third kappa shape index (κ3) is 4.07. The van der Waals surface area contributed by atoms with Crippen LogP contribution >= 0.6 is 0 Å². The smallest absolute Gasteiger partial charge is 0.408 e. The number of hydrogen-bond donors (Lipinski definition) is 2. The van der Waals surface area contributed by atoms with E-state index in [-0.39, 0.29) is 11.9 Å². The summed E-state index contributed by atoms with van der Waals surface area (Å²) in [6.07, 6.45) is 3.75. The normalized spacial score (nSPS) is 17.4. The average Bonchev–Trinajstić information content (AvgIpc) is 2.95. The van der Waals surface area contributed by atoms with E-state index in [4.69, 9.17) is 10.2 Å². The fourth-order valence-electron chi connectivity index (χ4n) is 3.52. The SMILES string of the molecule is NC(=O)NCC1CCCCN1C(=O)CCCn1c(=O)oc2ccccc21. The Kier molecular flexibility index (Phi) is 5.60. The first-order valence-electron chi connectivity index (χ1n) is 8.97. The molecule has 26 heavy (non-hydrogen) atoms. The molecule has 1 aromatic heterocycles. The maximum Gasteiger partial charge on any atom is 0.419 e. The molecule has 0 spiro atoms. The van der Waals surface area contributed by atoms with Crippen molar-refractivity contribution in [1.29, 1.82) is 0 Å². The van der Waals surface area contributed by atoms with Gasteiger partial charge in [-0.25, -0.2) is 9.59 Å². The van der Waals surface area contributed by atoms with Gasteiger partial charge in [0.15, 0.2) is 5.58 Å². The molecule has 0 radical (unpaired) electrons. The van der Waals surface area contributed by atoms with Gasteiger partial charge in [-0.15, -0.1) is 0 Å². The summed E-state index contributed by atoms with van der Waals surface area (Å²) in [5.41, 5.74) is 6.43. The van der Waals surface area contributed by atoms with Crippen molar-refractivity contribution in [3.05, 3.63) is 34.8 Å². The monoisotopic (exact) mass is 360 g/mol. The topological polar surface area (TPSA) is 111 Å². The highest BCUT2D eigenvalue weighted by atomic mass is 16.4. The van der Waals surface area contributed by atoms with Crippen molar-refractivity contribution in [1.82, 2.24) is 14.8 Å². The second kappa shape index (κ2) is 8.07. The number of primary amides is 1. The van der Waals surface area contributed by atoms with Crippen LogP contribution in [0.5, 0.6) is 0 Å². The highest BCUT2D eigenvalue weighted by Crippen LogP contribution is 2.18. The van der Waals surface area contributed by atoms with E-state index in [1.807, 2.05) is 23.1 Å². The summed E-state index contributed by atoms with van der Waals surface area (Å²) < 4.78 is 6.76. The van der Waals surface area contributed by atoms with Gasteiger partial charge in [0.25, 0.3) is 0 Å². The van der Waals surface area contributed by atoms with Gasteiger partial charge in [0.05, 0.1) is 5.52 Å². The molecule has 8 heteroatoms. The Hall–Kier alpha value is -2.77. The van der Waals surface area contributed by atoms with Crippen LogP contribution in [0.3, 0.4) is 0 Å². The summed E-state index contributed by atoms with van der Waals surface area (Å²) in [6.45, 7) is 1.51. The molecule has 1 atom stereocenters. The summed E-state index contributed by atoms with van der Waals surface area (Å²) in [4.78, 5) is 37.3. The lowest BCUT2D eigenvalue weighted by molar-refractivity contribution is -0.134. The fraction of sp³-hybridized carbons (Fsp3) is 0.500. The fourth-order valence-corrected chi connectivity index (χ4v) is 3.52. The van der Waals surface area contributed by atoms with Crippen molar-refractivity contribution < 1.29 is 14.0 Å². The number of piperidine rings is 1. The Bertz CT molecular complexity index is 841. The quantitative estimate of drug-likeness (QED) is 0.811. The molecule has 1 saturated heterocycles. The molecule has 1 aliphatic rings. The molecule has 1 unspecified atom stereocenters. The Balaban J connectivity index is 1.58. The number of amides is 3. The lowest BCUT2D eigenvalue weighted by Crippen LogP contribution is -2.50. The first-order chi connectivity index (χ1) is 12.6. The van der Waals surface area contributed by atoms with Crippen LogP contribution in [0.15, 0.2) is 33.5 Å².